The topological polar surface area (TPSA) is 55.1 Å². The van der Waals surface area contributed by atoms with Crippen molar-refractivity contribution >= 4 is 5.91 Å². The maximum Gasteiger partial charge on any atom is 0.251 e. The monoisotopic (exact) mass is 224 g/mol. The average molecular weight is 224 g/mol. The van der Waals surface area contributed by atoms with Crippen LogP contribution in [0.4, 0.5) is 4.39 Å². The molecule has 1 atom stereocenters. The Bertz CT molecular complexity index is 377. The summed E-state index contributed by atoms with van der Waals surface area (Å²) < 4.78 is 13.0. The summed E-state index contributed by atoms with van der Waals surface area (Å²) in [5.41, 5.74) is 6.51. The molecule has 0 fully saturated rings. The number of aryl methyl sites for hydroxylation is 1. The van der Waals surface area contributed by atoms with Crippen LogP contribution in [-0.4, -0.2) is 18.5 Å². The number of hydrogen-bond donors (Lipinski definition) is 2. The first-order chi connectivity index (χ1) is 7.50. The van der Waals surface area contributed by atoms with Crippen LogP contribution >= 0.6 is 0 Å². The molecule has 0 aliphatic heterocycles. The molecule has 16 heavy (non-hydrogen) atoms. The summed E-state index contributed by atoms with van der Waals surface area (Å²) in [5, 5.41) is 2.74. The molecular weight excluding hydrogens is 207 g/mol. The van der Waals surface area contributed by atoms with E-state index >= 15 is 0 Å². The Labute approximate surface area is 94.8 Å². The fourth-order valence-electron chi connectivity index (χ4n) is 1.30. The van der Waals surface area contributed by atoms with Crippen molar-refractivity contribution in [2.45, 2.75) is 26.3 Å². The molecule has 1 aromatic carbocycles. The number of nitrogens with one attached hydrogen (secondary N) is 1. The van der Waals surface area contributed by atoms with E-state index in [0.717, 1.165) is 6.42 Å². The van der Waals surface area contributed by atoms with Crippen LogP contribution < -0.4 is 11.1 Å². The lowest BCUT2D eigenvalue weighted by Crippen LogP contribution is -2.29. The van der Waals surface area contributed by atoms with Crippen LogP contribution in [0, 0.1) is 12.7 Å². The van der Waals surface area contributed by atoms with Gasteiger partial charge in [-0.05, 0) is 44.0 Å². The molecule has 3 nitrogen and oxygen atoms in total. The molecule has 0 spiro atoms. The van der Waals surface area contributed by atoms with Gasteiger partial charge in [-0.25, -0.2) is 4.39 Å². The number of benzene rings is 1. The Hall–Kier alpha value is -1.42. The van der Waals surface area contributed by atoms with E-state index in [9.17, 15) is 9.18 Å². The summed E-state index contributed by atoms with van der Waals surface area (Å²) in [6, 6.07) is 4.38. The molecule has 1 unspecified atom stereocenters. The van der Waals surface area contributed by atoms with E-state index in [1.54, 1.807) is 6.92 Å². The Morgan fingerprint density at radius 1 is 1.56 bits per heavy atom. The van der Waals surface area contributed by atoms with Crippen molar-refractivity contribution in [1.29, 1.82) is 0 Å². The highest BCUT2D eigenvalue weighted by atomic mass is 19.1. The van der Waals surface area contributed by atoms with Gasteiger partial charge in [0, 0.05) is 18.2 Å². The summed E-state index contributed by atoms with van der Waals surface area (Å²) in [4.78, 5) is 11.6. The molecular formula is C12H17FN2O. The Morgan fingerprint density at radius 2 is 2.25 bits per heavy atom. The molecule has 0 radical (unpaired) electrons. The van der Waals surface area contributed by atoms with E-state index in [1.165, 1.54) is 18.2 Å². The van der Waals surface area contributed by atoms with Gasteiger partial charge in [0.1, 0.15) is 5.82 Å². The quantitative estimate of drug-likeness (QED) is 0.816. The maximum absolute atomic E-state index is 13.0. The van der Waals surface area contributed by atoms with Gasteiger partial charge in [-0.3, -0.25) is 4.79 Å². The normalized spacial score (nSPS) is 12.2. The van der Waals surface area contributed by atoms with Gasteiger partial charge in [0.15, 0.2) is 0 Å². The summed E-state index contributed by atoms with van der Waals surface area (Å²) in [6.45, 7) is 4.05. The Balaban J connectivity index is 2.56. The van der Waals surface area contributed by atoms with Crippen molar-refractivity contribution in [3.8, 4) is 0 Å². The standard InChI is InChI=1S/C12H17FN2O/c1-8-7-10(3-4-11(8)13)12(16)15-6-5-9(2)14/h3-4,7,9H,5-6,14H2,1-2H3,(H,15,16). The molecule has 0 aliphatic carbocycles. The van der Waals surface area contributed by atoms with Crippen molar-refractivity contribution < 1.29 is 9.18 Å². The maximum atomic E-state index is 13.0. The summed E-state index contributed by atoms with van der Waals surface area (Å²) in [6.07, 6.45) is 0.728. The van der Waals surface area contributed by atoms with E-state index in [1.807, 2.05) is 6.92 Å². The van der Waals surface area contributed by atoms with Crippen LogP contribution in [0.1, 0.15) is 29.3 Å². The van der Waals surface area contributed by atoms with Crippen molar-refractivity contribution in [3.63, 3.8) is 0 Å². The highest BCUT2D eigenvalue weighted by Crippen LogP contribution is 2.08. The highest BCUT2D eigenvalue weighted by Gasteiger charge is 2.07. The fourth-order valence-corrected chi connectivity index (χ4v) is 1.30. The number of amides is 1. The van der Waals surface area contributed by atoms with Gasteiger partial charge in [0.05, 0.1) is 0 Å². The smallest absolute Gasteiger partial charge is 0.251 e. The minimum absolute atomic E-state index is 0.0650. The van der Waals surface area contributed by atoms with E-state index < -0.39 is 0 Å². The third kappa shape index (κ3) is 3.62. The first-order valence-electron chi connectivity index (χ1n) is 5.30. The molecule has 88 valence electrons. The lowest BCUT2D eigenvalue weighted by Gasteiger charge is -2.07. The number of nitrogens with two attached hydrogens (primary N) is 1. The third-order valence-corrected chi connectivity index (χ3v) is 2.31. The van der Waals surface area contributed by atoms with Gasteiger partial charge in [-0.15, -0.1) is 0 Å². The second-order valence-electron chi connectivity index (χ2n) is 3.99. The highest BCUT2D eigenvalue weighted by molar-refractivity contribution is 5.94. The van der Waals surface area contributed by atoms with Gasteiger partial charge < -0.3 is 11.1 Å². The van der Waals surface area contributed by atoms with Gasteiger partial charge in [-0.1, -0.05) is 0 Å². The second-order valence-corrected chi connectivity index (χ2v) is 3.99. The summed E-state index contributed by atoms with van der Waals surface area (Å²) in [5.74, 6) is -0.490. The lowest BCUT2D eigenvalue weighted by atomic mass is 10.1. The van der Waals surface area contributed by atoms with Crippen molar-refractivity contribution in [2.75, 3.05) is 6.54 Å². The molecule has 1 aromatic rings. The van der Waals surface area contributed by atoms with Crippen molar-refractivity contribution in [2.24, 2.45) is 5.73 Å². The SMILES string of the molecule is Cc1cc(C(=O)NCCC(C)N)ccc1F. The number of hydrogen-bond acceptors (Lipinski definition) is 2. The molecule has 0 saturated heterocycles. The minimum Gasteiger partial charge on any atom is -0.352 e. The first kappa shape index (κ1) is 12.6. The molecule has 0 bridgehead atoms. The van der Waals surface area contributed by atoms with Crippen LogP contribution in [0.2, 0.25) is 0 Å². The number of rotatable bonds is 4. The van der Waals surface area contributed by atoms with E-state index in [0.29, 0.717) is 17.7 Å². The van der Waals surface area contributed by atoms with E-state index in [-0.39, 0.29) is 17.8 Å². The molecule has 0 heterocycles. The number of carbonyl (C=O) groups is 1. The zero-order chi connectivity index (χ0) is 12.1. The molecule has 0 saturated carbocycles. The van der Waals surface area contributed by atoms with Crippen LogP contribution in [0.5, 0.6) is 0 Å². The Kier molecular flexibility index (Phi) is 4.43. The molecule has 0 aliphatic rings. The van der Waals surface area contributed by atoms with Gasteiger partial charge in [0.25, 0.3) is 5.91 Å². The lowest BCUT2D eigenvalue weighted by molar-refractivity contribution is 0.0952. The van der Waals surface area contributed by atoms with Gasteiger partial charge in [0.2, 0.25) is 0 Å². The summed E-state index contributed by atoms with van der Waals surface area (Å²) in [7, 11) is 0. The van der Waals surface area contributed by atoms with Gasteiger partial charge >= 0.3 is 0 Å². The van der Waals surface area contributed by atoms with Crippen molar-refractivity contribution in [1.82, 2.24) is 5.32 Å². The first-order valence-corrected chi connectivity index (χ1v) is 5.30. The Morgan fingerprint density at radius 3 is 2.81 bits per heavy atom. The largest absolute Gasteiger partial charge is 0.352 e. The van der Waals surface area contributed by atoms with Crippen LogP contribution in [0.3, 0.4) is 0 Å². The van der Waals surface area contributed by atoms with Crippen LogP contribution in [-0.2, 0) is 0 Å². The zero-order valence-corrected chi connectivity index (χ0v) is 9.59. The van der Waals surface area contributed by atoms with Crippen LogP contribution in [0.25, 0.3) is 0 Å². The molecule has 4 heteroatoms. The van der Waals surface area contributed by atoms with Gasteiger partial charge in [-0.2, -0.15) is 0 Å². The van der Waals surface area contributed by atoms with Crippen LogP contribution in [0.15, 0.2) is 18.2 Å². The van der Waals surface area contributed by atoms with Crippen molar-refractivity contribution in [3.05, 3.63) is 35.1 Å². The zero-order valence-electron chi connectivity index (χ0n) is 9.59. The van der Waals surface area contributed by atoms with E-state index in [2.05, 4.69) is 5.32 Å². The number of halogens is 1. The number of carbonyl (C=O) groups excluding carboxylic acids is 1. The molecule has 1 rings (SSSR count). The third-order valence-electron chi connectivity index (χ3n) is 2.31. The van der Waals surface area contributed by atoms with E-state index in [4.69, 9.17) is 5.73 Å². The fraction of sp³-hybridized carbons (Fsp3) is 0.417. The second kappa shape index (κ2) is 5.61. The molecule has 1 amide bonds. The summed E-state index contributed by atoms with van der Waals surface area (Å²) >= 11 is 0. The minimum atomic E-state index is -0.299. The molecule has 0 aromatic heterocycles. The average Bonchev–Trinajstić information content (AvgIpc) is 2.21. The predicted octanol–water partition coefficient (Wildman–Crippen LogP) is 1.60. The predicted molar refractivity (Wildman–Crippen MR) is 61.7 cm³/mol. The molecule has 3 N–H and O–H groups in total.